The number of benzene rings is 1. The van der Waals surface area contributed by atoms with Gasteiger partial charge in [-0.25, -0.2) is 18.6 Å². The van der Waals surface area contributed by atoms with Crippen LogP contribution in [0, 0.1) is 13.8 Å². The van der Waals surface area contributed by atoms with Crippen molar-refractivity contribution in [2.45, 2.75) is 38.8 Å². The zero-order chi connectivity index (χ0) is 32.5. The first-order valence-corrected chi connectivity index (χ1v) is 15.0. The number of aromatic nitrogens is 2. The number of carbonyl (C=O) groups is 1. The Kier molecular flexibility index (Phi) is 9.45. The van der Waals surface area contributed by atoms with Crippen LogP contribution in [-0.2, 0) is 18.3 Å². The summed E-state index contributed by atoms with van der Waals surface area (Å²) in [5.74, 6) is -2.31. The van der Waals surface area contributed by atoms with Gasteiger partial charge >= 0.3 is 5.97 Å². The van der Waals surface area contributed by atoms with Gasteiger partial charge in [0.2, 0.25) is 0 Å². The van der Waals surface area contributed by atoms with Crippen molar-refractivity contribution >= 4 is 11.7 Å². The highest BCUT2D eigenvalue weighted by atomic mass is 19.3. The monoisotopic (exact) mass is 625 g/mol. The zero-order valence-corrected chi connectivity index (χ0v) is 26.7. The molecule has 2 aliphatic rings. The molecule has 0 N–H and O–H groups in total. The molecular formula is C33H41F2N5O5. The second-order valence-corrected chi connectivity index (χ2v) is 11.8. The number of esters is 1. The Balaban J connectivity index is 1.26. The number of piperidine rings is 1. The van der Waals surface area contributed by atoms with Gasteiger partial charge in [-0.05, 0) is 55.7 Å². The molecule has 0 spiro atoms. The molecule has 2 aromatic heterocycles. The van der Waals surface area contributed by atoms with Crippen molar-refractivity contribution in [3.8, 4) is 22.6 Å². The first-order valence-electron chi connectivity index (χ1n) is 15.0. The Morgan fingerprint density at radius 2 is 1.67 bits per heavy atom. The fourth-order valence-corrected chi connectivity index (χ4v) is 6.46. The van der Waals surface area contributed by atoms with E-state index in [2.05, 4.69) is 9.88 Å². The third kappa shape index (κ3) is 6.53. The molecule has 0 radical (unpaired) electrons. The van der Waals surface area contributed by atoms with Gasteiger partial charge in [-0.3, -0.25) is 14.6 Å². The molecule has 1 atom stereocenters. The Bertz CT molecular complexity index is 1580. The number of pyridine rings is 2. The summed E-state index contributed by atoms with van der Waals surface area (Å²) in [5.41, 5.74) is 4.95. The van der Waals surface area contributed by atoms with Gasteiger partial charge in [0.15, 0.2) is 0 Å². The molecule has 4 heterocycles. The van der Waals surface area contributed by atoms with Crippen molar-refractivity contribution in [1.82, 2.24) is 19.4 Å². The van der Waals surface area contributed by atoms with E-state index in [0.717, 1.165) is 22.4 Å². The van der Waals surface area contributed by atoms with Crippen molar-refractivity contribution in [3.05, 3.63) is 69.4 Å². The van der Waals surface area contributed by atoms with Crippen LogP contribution in [0.15, 0.2) is 41.5 Å². The van der Waals surface area contributed by atoms with Gasteiger partial charge in [0.1, 0.15) is 17.2 Å². The van der Waals surface area contributed by atoms with E-state index in [-0.39, 0.29) is 24.3 Å². The van der Waals surface area contributed by atoms with Gasteiger partial charge < -0.3 is 23.7 Å². The van der Waals surface area contributed by atoms with Gasteiger partial charge in [-0.2, -0.15) is 0 Å². The van der Waals surface area contributed by atoms with E-state index >= 15 is 8.78 Å². The topological polar surface area (TPSA) is 89.4 Å². The minimum atomic E-state index is -2.91. The summed E-state index contributed by atoms with van der Waals surface area (Å²) >= 11 is 0. The number of methoxy groups -OCH3 is 3. The summed E-state index contributed by atoms with van der Waals surface area (Å²) < 4.78 is 49.2. The number of ether oxygens (including phenoxy) is 3. The molecule has 10 nitrogen and oxygen atoms in total. The SMILES string of the molecule is COC(=O)c1ccc(N2CCN(C3CCN(Cc4c(OC)cc(-c5cn(C)c(=O)c(C)c5C)cc4OC)CC3(F)F)CC2)cn1. The Hall–Kier alpha value is -4.03. The highest BCUT2D eigenvalue weighted by Crippen LogP contribution is 2.39. The van der Waals surface area contributed by atoms with Gasteiger partial charge in [0.05, 0.1) is 51.4 Å². The van der Waals surface area contributed by atoms with Gasteiger partial charge in [0.25, 0.3) is 11.5 Å². The molecule has 2 aliphatic heterocycles. The number of hydrogen-bond donors (Lipinski definition) is 0. The van der Waals surface area contributed by atoms with Gasteiger partial charge in [0, 0.05) is 63.6 Å². The number of hydrogen-bond acceptors (Lipinski definition) is 9. The lowest BCUT2D eigenvalue weighted by Crippen LogP contribution is -2.61. The first kappa shape index (κ1) is 32.4. The average molecular weight is 626 g/mol. The zero-order valence-electron chi connectivity index (χ0n) is 26.7. The maximum Gasteiger partial charge on any atom is 0.356 e. The summed E-state index contributed by atoms with van der Waals surface area (Å²) in [6, 6.07) is 6.33. The quantitative estimate of drug-likeness (QED) is 0.346. The minimum absolute atomic E-state index is 0.0536. The van der Waals surface area contributed by atoms with E-state index in [4.69, 9.17) is 14.2 Å². The summed E-state index contributed by atoms with van der Waals surface area (Å²) in [4.78, 5) is 34.0. The number of aryl methyl sites for hydroxylation is 1. The molecule has 0 amide bonds. The van der Waals surface area contributed by atoms with E-state index in [0.29, 0.717) is 61.8 Å². The third-order valence-corrected chi connectivity index (χ3v) is 9.13. The van der Waals surface area contributed by atoms with Crippen molar-refractivity contribution in [1.29, 1.82) is 0 Å². The molecule has 12 heteroatoms. The van der Waals surface area contributed by atoms with Crippen LogP contribution < -0.4 is 19.9 Å². The van der Waals surface area contributed by atoms with E-state index in [9.17, 15) is 9.59 Å². The lowest BCUT2D eigenvalue weighted by Gasteiger charge is -2.46. The van der Waals surface area contributed by atoms with Crippen LogP contribution in [0.3, 0.4) is 0 Å². The Morgan fingerprint density at radius 3 is 2.22 bits per heavy atom. The van der Waals surface area contributed by atoms with Crippen LogP contribution in [0.2, 0.25) is 0 Å². The Morgan fingerprint density at radius 1 is 1.00 bits per heavy atom. The van der Waals surface area contributed by atoms with E-state index < -0.39 is 17.9 Å². The fourth-order valence-electron chi connectivity index (χ4n) is 6.46. The molecule has 0 bridgehead atoms. The number of nitrogens with zero attached hydrogens (tertiary/aromatic N) is 5. The standard InChI is InChI=1S/C33H41F2N5O5/c1-21-22(2)31(41)37(3)18-25(21)23-15-28(43-4)26(29(16-23)44-5)19-38-10-9-30(33(34,35)20-38)40-13-11-39(12-14-40)24-7-8-27(36-17-24)32(42)45-6/h7-8,15-18,30H,9-14,19-20H2,1-6H3. The highest BCUT2D eigenvalue weighted by Gasteiger charge is 2.48. The molecule has 2 saturated heterocycles. The summed E-state index contributed by atoms with van der Waals surface area (Å²) in [6.07, 6.45) is 3.75. The van der Waals surface area contributed by atoms with Gasteiger partial charge in [-0.1, -0.05) is 0 Å². The highest BCUT2D eigenvalue weighted by molar-refractivity contribution is 5.87. The number of likely N-dealkylation sites (tertiary alicyclic amines) is 1. The van der Waals surface area contributed by atoms with Gasteiger partial charge in [-0.15, -0.1) is 0 Å². The normalized spacial score (nSPS) is 18.9. The van der Waals surface area contributed by atoms with Crippen molar-refractivity contribution in [2.75, 3.05) is 65.5 Å². The van der Waals surface area contributed by atoms with Crippen LogP contribution in [0.4, 0.5) is 14.5 Å². The molecule has 0 aliphatic carbocycles. The number of rotatable bonds is 8. The maximum atomic E-state index is 15.7. The predicted octanol–water partition coefficient (Wildman–Crippen LogP) is 3.90. The van der Waals surface area contributed by atoms with Crippen LogP contribution in [0.25, 0.3) is 11.1 Å². The number of piperazine rings is 1. The van der Waals surface area contributed by atoms with Crippen LogP contribution >= 0.6 is 0 Å². The second-order valence-electron chi connectivity index (χ2n) is 11.8. The molecule has 242 valence electrons. The molecule has 5 rings (SSSR count). The van der Waals surface area contributed by atoms with E-state index in [1.54, 1.807) is 56.1 Å². The molecule has 2 fully saturated rings. The molecule has 45 heavy (non-hydrogen) atoms. The first-order chi connectivity index (χ1) is 21.5. The number of anilines is 1. The predicted molar refractivity (Wildman–Crippen MR) is 168 cm³/mol. The molecule has 3 aromatic rings. The van der Waals surface area contributed by atoms with Crippen LogP contribution in [0.5, 0.6) is 11.5 Å². The average Bonchev–Trinajstić information content (AvgIpc) is 3.05. The van der Waals surface area contributed by atoms with E-state index in [1.807, 2.05) is 30.0 Å². The third-order valence-electron chi connectivity index (χ3n) is 9.13. The molecule has 1 unspecified atom stereocenters. The van der Waals surface area contributed by atoms with Crippen LogP contribution in [0.1, 0.15) is 33.6 Å². The molecule has 1 aromatic carbocycles. The lowest BCUT2D eigenvalue weighted by molar-refractivity contribution is -0.129. The number of halogens is 2. The second kappa shape index (κ2) is 13.1. The summed E-state index contributed by atoms with van der Waals surface area (Å²) in [7, 11) is 6.15. The molecule has 0 saturated carbocycles. The van der Waals surface area contributed by atoms with Crippen molar-refractivity contribution in [3.63, 3.8) is 0 Å². The number of alkyl halides is 2. The minimum Gasteiger partial charge on any atom is -0.496 e. The Labute approximate surface area is 262 Å². The molecular weight excluding hydrogens is 584 g/mol. The van der Waals surface area contributed by atoms with Crippen molar-refractivity contribution < 1.29 is 27.8 Å². The largest absolute Gasteiger partial charge is 0.496 e. The maximum absolute atomic E-state index is 15.7. The van der Waals surface area contributed by atoms with Crippen LogP contribution in [-0.4, -0.2) is 97.9 Å². The van der Waals surface area contributed by atoms with E-state index in [1.165, 1.54) is 7.11 Å². The smallest absolute Gasteiger partial charge is 0.356 e. The lowest BCUT2D eigenvalue weighted by atomic mass is 9.95. The van der Waals surface area contributed by atoms with Crippen molar-refractivity contribution in [2.24, 2.45) is 7.05 Å². The fraction of sp³-hybridized carbons (Fsp3) is 0.485. The number of carbonyl (C=O) groups excluding carboxylic acids is 1. The summed E-state index contributed by atoms with van der Waals surface area (Å²) in [5, 5.41) is 0. The summed E-state index contributed by atoms with van der Waals surface area (Å²) in [6.45, 7) is 6.29.